The summed E-state index contributed by atoms with van der Waals surface area (Å²) in [6, 6.07) is 7.86. The van der Waals surface area contributed by atoms with Crippen molar-refractivity contribution >= 4 is 8.69 Å². The lowest BCUT2D eigenvalue weighted by atomic mass is 10.1. The molecule has 1 rings (SSSR count). The van der Waals surface area contributed by atoms with Crippen LogP contribution >= 0.6 is 8.69 Å². The molecule has 0 saturated carbocycles. The van der Waals surface area contributed by atoms with Gasteiger partial charge in [0.2, 0.25) is 0 Å². The monoisotopic (exact) mass is 168 g/mol. The number of rotatable bonds is 3. The summed E-state index contributed by atoms with van der Waals surface area (Å²) in [5, 5.41) is 0. The SMILES string of the molecule is Cc1ccccc1COP=O. The number of aryl methyl sites for hydroxylation is 1. The Hall–Kier alpha value is -0.720. The molecule has 1 aromatic rings. The molecular formula is C8H9O2P. The highest BCUT2D eigenvalue weighted by Crippen LogP contribution is 2.10. The summed E-state index contributed by atoms with van der Waals surface area (Å²) >= 11 is 0. The summed E-state index contributed by atoms with van der Waals surface area (Å²) in [6.07, 6.45) is 0. The van der Waals surface area contributed by atoms with Crippen molar-refractivity contribution in [2.24, 2.45) is 0 Å². The minimum absolute atomic E-state index is 0.258. The lowest BCUT2D eigenvalue weighted by molar-refractivity contribution is 0.331. The Kier molecular flexibility index (Phi) is 3.21. The third-order valence-corrected chi connectivity index (χ3v) is 1.77. The second-order valence-electron chi connectivity index (χ2n) is 2.27. The van der Waals surface area contributed by atoms with Gasteiger partial charge in [-0.25, -0.2) is 4.57 Å². The molecule has 0 aliphatic carbocycles. The molecule has 0 amide bonds. The van der Waals surface area contributed by atoms with E-state index < -0.39 is 0 Å². The fourth-order valence-electron chi connectivity index (χ4n) is 0.868. The first-order valence-electron chi connectivity index (χ1n) is 3.33. The lowest BCUT2D eigenvalue weighted by Crippen LogP contribution is -1.87. The number of hydrogen-bond donors (Lipinski definition) is 0. The third-order valence-electron chi connectivity index (χ3n) is 1.53. The van der Waals surface area contributed by atoms with Crippen LogP contribution in [-0.2, 0) is 15.7 Å². The van der Waals surface area contributed by atoms with Crippen LogP contribution in [0.4, 0.5) is 0 Å². The summed E-state index contributed by atoms with van der Waals surface area (Å²) in [5.74, 6) is 0. The molecule has 0 aliphatic rings. The van der Waals surface area contributed by atoms with Crippen LogP contribution in [0.2, 0.25) is 0 Å². The van der Waals surface area contributed by atoms with Crippen LogP contribution in [0.5, 0.6) is 0 Å². The molecule has 0 saturated heterocycles. The normalized spacial score (nSPS) is 10.3. The van der Waals surface area contributed by atoms with Gasteiger partial charge < -0.3 is 0 Å². The van der Waals surface area contributed by atoms with E-state index in [0.29, 0.717) is 6.61 Å². The first-order chi connectivity index (χ1) is 5.34. The van der Waals surface area contributed by atoms with E-state index in [4.69, 9.17) is 4.52 Å². The molecule has 11 heavy (non-hydrogen) atoms. The van der Waals surface area contributed by atoms with Crippen LogP contribution in [-0.4, -0.2) is 0 Å². The van der Waals surface area contributed by atoms with Crippen LogP contribution in [0.1, 0.15) is 11.1 Å². The van der Waals surface area contributed by atoms with E-state index in [1.807, 2.05) is 31.2 Å². The van der Waals surface area contributed by atoms with E-state index in [1.165, 1.54) is 0 Å². The Morgan fingerprint density at radius 1 is 1.45 bits per heavy atom. The van der Waals surface area contributed by atoms with Crippen molar-refractivity contribution in [1.82, 2.24) is 0 Å². The summed E-state index contributed by atoms with van der Waals surface area (Å²) in [7, 11) is -0.258. The maximum atomic E-state index is 9.96. The predicted molar refractivity (Wildman–Crippen MR) is 43.6 cm³/mol. The van der Waals surface area contributed by atoms with Gasteiger partial charge in [0.05, 0.1) is 6.61 Å². The van der Waals surface area contributed by atoms with Crippen LogP contribution in [0, 0.1) is 6.92 Å². The molecule has 0 fully saturated rings. The smallest absolute Gasteiger partial charge is 0.290 e. The summed E-state index contributed by atoms with van der Waals surface area (Å²) < 4.78 is 14.7. The minimum Gasteiger partial charge on any atom is -0.290 e. The Morgan fingerprint density at radius 2 is 2.18 bits per heavy atom. The highest BCUT2D eigenvalue weighted by atomic mass is 31.1. The standard InChI is InChI=1S/C8H9O2P/c1-7-4-2-3-5-8(7)6-10-11-9/h2-5H,6H2,1H3. The van der Waals surface area contributed by atoms with Gasteiger partial charge in [0, 0.05) is 0 Å². The van der Waals surface area contributed by atoms with Gasteiger partial charge in [0.25, 0.3) is 0 Å². The fourth-order valence-corrected chi connectivity index (χ4v) is 1.06. The minimum atomic E-state index is -0.258. The zero-order valence-electron chi connectivity index (χ0n) is 6.28. The van der Waals surface area contributed by atoms with Gasteiger partial charge in [0.1, 0.15) is 0 Å². The van der Waals surface area contributed by atoms with E-state index in [0.717, 1.165) is 11.1 Å². The molecule has 0 bridgehead atoms. The molecule has 0 aliphatic heterocycles. The Labute approximate surface area is 67.5 Å². The van der Waals surface area contributed by atoms with Gasteiger partial charge in [-0.2, -0.15) is 0 Å². The van der Waals surface area contributed by atoms with E-state index in [-0.39, 0.29) is 8.69 Å². The molecule has 0 atom stereocenters. The Bertz CT molecular complexity index is 248. The summed E-state index contributed by atoms with van der Waals surface area (Å²) in [4.78, 5) is 0. The zero-order valence-corrected chi connectivity index (χ0v) is 7.17. The topological polar surface area (TPSA) is 26.3 Å². The lowest BCUT2D eigenvalue weighted by Gasteiger charge is -2.00. The number of benzene rings is 1. The maximum absolute atomic E-state index is 9.96. The molecule has 0 spiro atoms. The van der Waals surface area contributed by atoms with Crippen molar-refractivity contribution in [2.45, 2.75) is 13.5 Å². The van der Waals surface area contributed by atoms with Crippen LogP contribution in [0.25, 0.3) is 0 Å². The van der Waals surface area contributed by atoms with Gasteiger partial charge in [-0.15, -0.1) is 0 Å². The maximum Gasteiger partial charge on any atom is 0.327 e. The highest BCUT2D eigenvalue weighted by Gasteiger charge is 1.95. The molecular weight excluding hydrogens is 159 g/mol. The van der Waals surface area contributed by atoms with Crippen molar-refractivity contribution < 1.29 is 9.09 Å². The largest absolute Gasteiger partial charge is 0.327 e. The summed E-state index contributed by atoms with van der Waals surface area (Å²) in [6.45, 7) is 2.41. The molecule has 2 nitrogen and oxygen atoms in total. The fraction of sp³-hybridized carbons (Fsp3) is 0.250. The van der Waals surface area contributed by atoms with Gasteiger partial charge in [-0.05, 0) is 18.1 Å². The quantitative estimate of drug-likeness (QED) is 0.648. The second-order valence-corrected chi connectivity index (χ2v) is 2.68. The molecule has 0 unspecified atom stereocenters. The molecule has 0 aromatic heterocycles. The van der Waals surface area contributed by atoms with E-state index in [1.54, 1.807) is 0 Å². The van der Waals surface area contributed by atoms with Crippen LogP contribution < -0.4 is 0 Å². The average molecular weight is 168 g/mol. The van der Waals surface area contributed by atoms with Gasteiger partial charge in [-0.1, -0.05) is 24.3 Å². The Balaban J connectivity index is 2.69. The molecule has 1 aromatic carbocycles. The van der Waals surface area contributed by atoms with Gasteiger partial charge >= 0.3 is 8.69 Å². The van der Waals surface area contributed by atoms with Crippen molar-refractivity contribution in [3.8, 4) is 0 Å². The van der Waals surface area contributed by atoms with E-state index in [2.05, 4.69) is 0 Å². The van der Waals surface area contributed by atoms with Crippen molar-refractivity contribution in [1.29, 1.82) is 0 Å². The summed E-state index contributed by atoms with van der Waals surface area (Å²) in [5.41, 5.74) is 2.24. The van der Waals surface area contributed by atoms with Gasteiger partial charge in [0.15, 0.2) is 0 Å². The first kappa shape index (κ1) is 8.38. The molecule has 0 heterocycles. The highest BCUT2D eigenvalue weighted by molar-refractivity contribution is 7.17. The van der Waals surface area contributed by atoms with E-state index >= 15 is 0 Å². The second kappa shape index (κ2) is 4.22. The van der Waals surface area contributed by atoms with Gasteiger partial charge in [-0.3, -0.25) is 4.52 Å². The predicted octanol–water partition coefficient (Wildman–Crippen LogP) is 2.72. The van der Waals surface area contributed by atoms with Crippen LogP contribution in [0.15, 0.2) is 24.3 Å². The molecule has 0 radical (unpaired) electrons. The zero-order chi connectivity index (χ0) is 8.10. The van der Waals surface area contributed by atoms with Crippen molar-refractivity contribution in [3.05, 3.63) is 35.4 Å². The van der Waals surface area contributed by atoms with Crippen LogP contribution in [0.3, 0.4) is 0 Å². The third kappa shape index (κ3) is 2.41. The van der Waals surface area contributed by atoms with E-state index in [9.17, 15) is 4.57 Å². The molecule has 3 heteroatoms. The van der Waals surface area contributed by atoms with Crippen molar-refractivity contribution in [2.75, 3.05) is 0 Å². The first-order valence-corrected chi connectivity index (χ1v) is 4.07. The van der Waals surface area contributed by atoms with Crippen molar-refractivity contribution in [3.63, 3.8) is 0 Å². The number of hydrogen-bond acceptors (Lipinski definition) is 2. The molecule has 0 N–H and O–H groups in total. The Morgan fingerprint density at radius 3 is 2.82 bits per heavy atom. The molecule has 58 valence electrons. The average Bonchev–Trinajstić information content (AvgIpc) is 2.03.